The molecule has 0 spiro atoms. The fraction of sp³-hybridized carbons (Fsp3) is 0.900. The molecule has 2 rings (SSSR count). The summed E-state index contributed by atoms with van der Waals surface area (Å²) in [4.78, 5) is 22.4. The van der Waals surface area contributed by atoms with Crippen LogP contribution in [0.15, 0.2) is 5.18 Å². The maximum absolute atomic E-state index is 11.3. The molecule has 2 aliphatic rings. The van der Waals surface area contributed by atoms with Crippen molar-refractivity contribution in [1.29, 1.82) is 0 Å². The van der Waals surface area contributed by atoms with Gasteiger partial charge in [-0.05, 0) is 12.8 Å². The first kappa shape index (κ1) is 10.5. The quantitative estimate of drug-likeness (QED) is 0.722. The first-order chi connectivity index (χ1) is 7.17. The van der Waals surface area contributed by atoms with Gasteiger partial charge in [-0.2, -0.15) is 4.91 Å². The van der Waals surface area contributed by atoms with Crippen molar-refractivity contribution in [2.45, 2.75) is 37.6 Å². The number of nitrogens with zero attached hydrogens (tertiary/aromatic N) is 1. The summed E-state index contributed by atoms with van der Waals surface area (Å²) in [5.41, 5.74) is -1.83. The molecule has 0 bridgehead atoms. The molecule has 0 radical (unpaired) electrons. The number of carboxylic acid groups (broad SMARTS) is 1. The standard InChI is InChI=1S/C10H15NO4/c12-8(13)9(2-1-3-9)10(11-14)4-6-15-7-5-10/h1-7H2,(H,12,13). The van der Waals surface area contributed by atoms with Gasteiger partial charge in [-0.3, -0.25) is 4.79 Å². The fourth-order valence-corrected chi connectivity index (χ4v) is 2.77. The molecule has 1 heterocycles. The zero-order valence-electron chi connectivity index (χ0n) is 8.57. The molecule has 0 amide bonds. The minimum absolute atomic E-state index is 0.445. The second kappa shape index (κ2) is 3.56. The number of hydrogen-bond acceptors (Lipinski definition) is 4. The van der Waals surface area contributed by atoms with Crippen LogP contribution < -0.4 is 0 Å². The molecule has 0 atom stereocenters. The van der Waals surface area contributed by atoms with Gasteiger partial charge in [0, 0.05) is 26.1 Å². The van der Waals surface area contributed by atoms with E-state index in [-0.39, 0.29) is 0 Å². The minimum atomic E-state index is -0.921. The summed E-state index contributed by atoms with van der Waals surface area (Å²) in [6.07, 6.45) is 2.93. The maximum Gasteiger partial charge on any atom is 0.312 e. The van der Waals surface area contributed by atoms with Gasteiger partial charge in [0.25, 0.3) is 0 Å². The van der Waals surface area contributed by atoms with Gasteiger partial charge in [-0.15, -0.1) is 0 Å². The first-order valence-electron chi connectivity index (χ1n) is 5.33. The lowest BCUT2D eigenvalue weighted by atomic mass is 9.55. The van der Waals surface area contributed by atoms with Crippen molar-refractivity contribution in [2.75, 3.05) is 13.2 Å². The molecule has 15 heavy (non-hydrogen) atoms. The summed E-state index contributed by atoms with van der Waals surface area (Å²) >= 11 is 0. The molecule has 5 nitrogen and oxygen atoms in total. The fourth-order valence-electron chi connectivity index (χ4n) is 2.77. The van der Waals surface area contributed by atoms with Crippen molar-refractivity contribution >= 4 is 5.97 Å². The highest BCUT2D eigenvalue weighted by Gasteiger charge is 2.61. The predicted molar refractivity (Wildman–Crippen MR) is 52.5 cm³/mol. The zero-order chi connectivity index (χ0) is 10.9. The van der Waals surface area contributed by atoms with Crippen molar-refractivity contribution in [3.8, 4) is 0 Å². The van der Waals surface area contributed by atoms with Gasteiger partial charge in [-0.25, -0.2) is 0 Å². The second-order valence-electron chi connectivity index (χ2n) is 4.48. The summed E-state index contributed by atoms with van der Waals surface area (Å²) < 4.78 is 5.18. The Kier molecular flexibility index (Phi) is 2.50. The molecule has 0 unspecified atom stereocenters. The van der Waals surface area contributed by atoms with Gasteiger partial charge in [0.1, 0.15) is 5.54 Å². The van der Waals surface area contributed by atoms with Crippen LogP contribution in [0, 0.1) is 10.3 Å². The van der Waals surface area contributed by atoms with Crippen LogP contribution in [-0.4, -0.2) is 29.8 Å². The molecule has 84 valence electrons. The third kappa shape index (κ3) is 1.29. The van der Waals surface area contributed by atoms with Gasteiger partial charge in [-0.1, -0.05) is 11.6 Å². The first-order valence-corrected chi connectivity index (χ1v) is 5.33. The molecule has 5 heteroatoms. The molecule has 1 saturated carbocycles. The molecular weight excluding hydrogens is 198 g/mol. The lowest BCUT2D eigenvalue weighted by Gasteiger charge is -2.50. The highest BCUT2D eigenvalue weighted by atomic mass is 16.5. The van der Waals surface area contributed by atoms with Crippen molar-refractivity contribution in [1.82, 2.24) is 0 Å². The lowest BCUT2D eigenvalue weighted by molar-refractivity contribution is -0.165. The minimum Gasteiger partial charge on any atom is -0.481 e. The van der Waals surface area contributed by atoms with Crippen LogP contribution in [0.1, 0.15) is 32.1 Å². The van der Waals surface area contributed by atoms with Crippen LogP contribution in [0.2, 0.25) is 0 Å². The van der Waals surface area contributed by atoms with Crippen molar-refractivity contribution in [2.24, 2.45) is 10.6 Å². The highest BCUT2D eigenvalue weighted by Crippen LogP contribution is 2.55. The summed E-state index contributed by atoms with van der Waals surface area (Å²) in [6, 6.07) is 0. The van der Waals surface area contributed by atoms with Crippen LogP contribution in [0.3, 0.4) is 0 Å². The van der Waals surface area contributed by atoms with Gasteiger partial charge in [0.05, 0.1) is 5.41 Å². The Morgan fingerprint density at radius 2 is 1.80 bits per heavy atom. The lowest BCUT2D eigenvalue weighted by Crippen LogP contribution is -2.58. The molecule has 0 aromatic rings. The van der Waals surface area contributed by atoms with Crippen LogP contribution in [0.25, 0.3) is 0 Å². The molecule has 1 aliphatic carbocycles. The molecule has 1 saturated heterocycles. The average molecular weight is 213 g/mol. The molecule has 0 aromatic carbocycles. The van der Waals surface area contributed by atoms with Crippen molar-refractivity contribution in [3.05, 3.63) is 4.91 Å². The van der Waals surface area contributed by atoms with E-state index >= 15 is 0 Å². The van der Waals surface area contributed by atoms with E-state index in [0.29, 0.717) is 38.9 Å². The largest absolute Gasteiger partial charge is 0.481 e. The number of hydrogen-bond donors (Lipinski definition) is 1. The Morgan fingerprint density at radius 3 is 2.13 bits per heavy atom. The normalized spacial score (nSPS) is 27.7. The Labute approximate surface area is 87.8 Å². The van der Waals surface area contributed by atoms with E-state index in [1.165, 1.54) is 0 Å². The Bertz CT molecular complexity index is 279. The molecular formula is C10H15NO4. The van der Waals surface area contributed by atoms with E-state index in [1.807, 2.05) is 0 Å². The number of nitroso groups, excluding NO2 is 1. The Balaban J connectivity index is 2.30. The highest BCUT2D eigenvalue weighted by molar-refractivity contribution is 5.78. The third-order valence-corrected chi connectivity index (χ3v) is 4.00. The van der Waals surface area contributed by atoms with E-state index < -0.39 is 16.9 Å². The second-order valence-corrected chi connectivity index (χ2v) is 4.48. The number of carboxylic acids is 1. The van der Waals surface area contributed by atoms with Gasteiger partial charge < -0.3 is 9.84 Å². The van der Waals surface area contributed by atoms with Crippen molar-refractivity contribution in [3.63, 3.8) is 0 Å². The summed E-state index contributed by atoms with van der Waals surface area (Å²) in [7, 11) is 0. The Hall–Kier alpha value is -0.970. The van der Waals surface area contributed by atoms with E-state index in [9.17, 15) is 14.8 Å². The molecule has 0 aromatic heterocycles. The average Bonchev–Trinajstić information content (AvgIpc) is 2.16. The number of ether oxygens (including phenoxy) is 1. The number of aliphatic carboxylic acids is 1. The summed E-state index contributed by atoms with van der Waals surface area (Å²) in [5, 5.41) is 12.5. The van der Waals surface area contributed by atoms with Crippen LogP contribution in [0.4, 0.5) is 0 Å². The van der Waals surface area contributed by atoms with Crippen molar-refractivity contribution < 1.29 is 14.6 Å². The topological polar surface area (TPSA) is 76.0 Å². The van der Waals surface area contributed by atoms with E-state index in [2.05, 4.69) is 5.18 Å². The monoisotopic (exact) mass is 213 g/mol. The Morgan fingerprint density at radius 1 is 1.20 bits per heavy atom. The third-order valence-electron chi connectivity index (χ3n) is 4.00. The summed E-state index contributed by atoms with van der Waals surface area (Å²) in [5.74, 6) is -0.866. The number of rotatable bonds is 3. The SMILES string of the molecule is O=NC1(C2(C(=O)O)CCC2)CCOCC1. The van der Waals surface area contributed by atoms with E-state index in [4.69, 9.17) is 4.74 Å². The smallest absolute Gasteiger partial charge is 0.312 e. The van der Waals surface area contributed by atoms with E-state index in [0.717, 1.165) is 6.42 Å². The van der Waals surface area contributed by atoms with Crippen LogP contribution in [0.5, 0.6) is 0 Å². The van der Waals surface area contributed by atoms with Gasteiger partial charge >= 0.3 is 5.97 Å². The van der Waals surface area contributed by atoms with Crippen LogP contribution in [-0.2, 0) is 9.53 Å². The van der Waals surface area contributed by atoms with E-state index in [1.54, 1.807) is 0 Å². The van der Waals surface area contributed by atoms with Gasteiger partial charge in [0.15, 0.2) is 0 Å². The molecule has 1 N–H and O–H groups in total. The van der Waals surface area contributed by atoms with Crippen LogP contribution >= 0.6 is 0 Å². The summed E-state index contributed by atoms with van der Waals surface area (Å²) in [6.45, 7) is 0.890. The number of carbonyl (C=O) groups is 1. The molecule has 2 fully saturated rings. The predicted octanol–water partition coefficient (Wildman–Crippen LogP) is 1.56. The molecule has 1 aliphatic heterocycles. The van der Waals surface area contributed by atoms with Gasteiger partial charge in [0.2, 0.25) is 0 Å². The zero-order valence-corrected chi connectivity index (χ0v) is 8.57. The maximum atomic E-state index is 11.3.